The van der Waals surface area contributed by atoms with Crippen LogP contribution in [-0.2, 0) is 10.0 Å². The van der Waals surface area contributed by atoms with Crippen LogP contribution in [0.2, 0.25) is 0 Å². The van der Waals surface area contributed by atoms with Gasteiger partial charge in [0.15, 0.2) is 0 Å². The average Bonchev–Trinajstić information content (AvgIpc) is 2.00. The maximum Gasteiger partial charge on any atom is 0.216 e. The van der Waals surface area contributed by atoms with Gasteiger partial charge in [0.1, 0.15) is 0 Å². The van der Waals surface area contributed by atoms with Crippen LogP contribution in [0.15, 0.2) is 0 Å². The van der Waals surface area contributed by atoms with Crippen LogP contribution in [-0.4, -0.2) is 37.1 Å². The molecule has 0 amide bonds. The van der Waals surface area contributed by atoms with Crippen molar-refractivity contribution in [1.82, 2.24) is 4.31 Å². The first-order valence-electron chi connectivity index (χ1n) is 5.35. The Morgan fingerprint density at radius 2 is 1.64 bits per heavy atom. The van der Waals surface area contributed by atoms with Gasteiger partial charge in [-0.05, 0) is 32.1 Å². The van der Waals surface area contributed by atoms with Crippen LogP contribution in [0.4, 0.5) is 0 Å². The van der Waals surface area contributed by atoms with Gasteiger partial charge >= 0.3 is 0 Å². The maximum atomic E-state index is 12.0. The van der Waals surface area contributed by atoms with Gasteiger partial charge in [-0.2, -0.15) is 0 Å². The Labute approximate surface area is 85.5 Å². The van der Waals surface area contributed by atoms with Gasteiger partial charge in [-0.15, -0.1) is 0 Å². The molecule has 0 radical (unpaired) electrons. The minimum atomic E-state index is -2.97. The van der Waals surface area contributed by atoms with Crippen molar-refractivity contribution < 1.29 is 8.42 Å². The lowest BCUT2D eigenvalue weighted by molar-refractivity contribution is 0.297. The SMILES string of the molecule is NC1CCC(S(=O)(=O)N2CCC2)CC1. The minimum Gasteiger partial charge on any atom is -0.328 e. The molecule has 1 heterocycles. The molecule has 2 N–H and O–H groups in total. The molecular weight excluding hydrogens is 200 g/mol. The topological polar surface area (TPSA) is 63.4 Å². The Bertz CT molecular complexity index is 290. The first kappa shape index (κ1) is 10.4. The fourth-order valence-electron chi connectivity index (χ4n) is 2.14. The quantitative estimate of drug-likeness (QED) is 0.724. The first-order valence-corrected chi connectivity index (χ1v) is 6.85. The van der Waals surface area contributed by atoms with E-state index in [9.17, 15) is 8.42 Å². The summed E-state index contributed by atoms with van der Waals surface area (Å²) in [4.78, 5) is 0. The second-order valence-corrected chi connectivity index (χ2v) is 6.55. The van der Waals surface area contributed by atoms with E-state index in [0.29, 0.717) is 0 Å². The molecule has 0 aromatic heterocycles. The third kappa shape index (κ3) is 1.81. The lowest BCUT2D eigenvalue weighted by Gasteiger charge is -2.35. The summed E-state index contributed by atoms with van der Waals surface area (Å²) < 4.78 is 25.5. The molecule has 0 unspecified atom stereocenters. The molecule has 82 valence electrons. The van der Waals surface area contributed by atoms with Gasteiger partial charge in [0.05, 0.1) is 5.25 Å². The van der Waals surface area contributed by atoms with Gasteiger partial charge in [0, 0.05) is 19.1 Å². The largest absolute Gasteiger partial charge is 0.328 e. The summed E-state index contributed by atoms with van der Waals surface area (Å²) in [7, 11) is -2.97. The molecule has 0 spiro atoms. The number of nitrogens with two attached hydrogens (primary N) is 1. The number of nitrogens with zero attached hydrogens (tertiary/aromatic N) is 1. The predicted octanol–water partition coefficient (Wildman–Crippen LogP) is 0.292. The van der Waals surface area contributed by atoms with Crippen LogP contribution in [0.1, 0.15) is 32.1 Å². The monoisotopic (exact) mass is 218 g/mol. The number of hydrogen-bond donors (Lipinski definition) is 1. The average molecular weight is 218 g/mol. The van der Waals surface area contributed by atoms with Gasteiger partial charge in [-0.3, -0.25) is 0 Å². The third-order valence-corrected chi connectivity index (χ3v) is 5.71. The Hall–Kier alpha value is -0.130. The zero-order valence-electron chi connectivity index (χ0n) is 8.35. The third-order valence-electron chi connectivity index (χ3n) is 3.32. The second-order valence-electron chi connectivity index (χ2n) is 4.33. The van der Waals surface area contributed by atoms with E-state index in [1.165, 1.54) is 0 Å². The fourth-order valence-corrected chi connectivity index (χ4v) is 4.20. The van der Waals surface area contributed by atoms with Crippen molar-refractivity contribution in [2.75, 3.05) is 13.1 Å². The van der Waals surface area contributed by atoms with Gasteiger partial charge in [-0.1, -0.05) is 0 Å². The summed E-state index contributed by atoms with van der Waals surface area (Å²) in [6.07, 6.45) is 4.24. The normalized spacial score (nSPS) is 35.2. The fraction of sp³-hybridized carbons (Fsp3) is 1.00. The van der Waals surface area contributed by atoms with Crippen LogP contribution in [0, 0.1) is 0 Å². The van der Waals surface area contributed by atoms with Crippen molar-refractivity contribution in [2.45, 2.75) is 43.4 Å². The standard InChI is InChI=1S/C9H18N2O2S/c10-8-2-4-9(5-3-8)14(12,13)11-6-1-7-11/h8-9H,1-7,10H2. The van der Waals surface area contributed by atoms with E-state index in [1.807, 2.05) is 0 Å². The zero-order valence-corrected chi connectivity index (χ0v) is 9.17. The van der Waals surface area contributed by atoms with Crippen LogP contribution in [0.3, 0.4) is 0 Å². The van der Waals surface area contributed by atoms with Crippen molar-refractivity contribution in [3.05, 3.63) is 0 Å². The smallest absolute Gasteiger partial charge is 0.216 e. The highest BCUT2D eigenvalue weighted by atomic mass is 32.2. The Kier molecular flexibility index (Phi) is 2.81. The molecule has 2 aliphatic rings. The van der Waals surface area contributed by atoms with Crippen molar-refractivity contribution in [3.63, 3.8) is 0 Å². The van der Waals surface area contributed by atoms with E-state index in [4.69, 9.17) is 5.73 Å². The molecule has 0 aromatic carbocycles. The molecule has 0 atom stereocenters. The summed E-state index contributed by atoms with van der Waals surface area (Å²) in [6, 6.07) is 0.220. The van der Waals surface area contributed by atoms with Gasteiger partial charge in [-0.25, -0.2) is 12.7 Å². The summed E-state index contributed by atoms with van der Waals surface area (Å²) in [5.74, 6) is 0. The molecule has 1 aliphatic heterocycles. The second kappa shape index (κ2) is 3.79. The van der Waals surface area contributed by atoms with Crippen molar-refractivity contribution in [3.8, 4) is 0 Å². The zero-order chi connectivity index (χ0) is 10.2. The van der Waals surface area contributed by atoms with Gasteiger partial charge in [0.25, 0.3) is 0 Å². The number of rotatable bonds is 2. The summed E-state index contributed by atoms with van der Waals surface area (Å²) in [6.45, 7) is 1.45. The van der Waals surface area contributed by atoms with E-state index in [0.717, 1.165) is 45.2 Å². The molecule has 4 nitrogen and oxygen atoms in total. The van der Waals surface area contributed by atoms with Crippen molar-refractivity contribution in [1.29, 1.82) is 0 Å². The van der Waals surface area contributed by atoms with Crippen LogP contribution < -0.4 is 5.73 Å². The van der Waals surface area contributed by atoms with Crippen LogP contribution in [0.25, 0.3) is 0 Å². The summed E-state index contributed by atoms with van der Waals surface area (Å²) in [5, 5.41) is -0.150. The highest BCUT2D eigenvalue weighted by Gasteiger charge is 2.36. The molecule has 1 saturated heterocycles. The number of sulfonamides is 1. The molecule has 2 fully saturated rings. The van der Waals surface area contributed by atoms with Gasteiger partial charge in [0.2, 0.25) is 10.0 Å². The Morgan fingerprint density at radius 1 is 1.07 bits per heavy atom. The van der Waals surface area contributed by atoms with Crippen molar-refractivity contribution >= 4 is 10.0 Å². The summed E-state index contributed by atoms with van der Waals surface area (Å²) in [5.41, 5.74) is 5.75. The van der Waals surface area contributed by atoms with E-state index in [-0.39, 0.29) is 11.3 Å². The van der Waals surface area contributed by atoms with Crippen LogP contribution in [0.5, 0.6) is 0 Å². The predicted molar refractivity (Wildman–Crippen MR) is 55.3 cm³/mol. The Balaban J connectivity index is 2.00. The van der Waals surface area contributed by atoms with Crippen LogP contribution >= 0.6 is 0 Å². The molecule has 14 heavy (non-hydrogen) atoms. The minimum absolute atomic E-state index is 0.150. The van der Waals surface area contributed by atoms with Crippen molar-refractivity contribution in [2.24, 2.45) is 5.73 Å². The van der Waals surface area contributed by atoms with E-state index in [1.54, 1.807) is 4.31 Å². The van der Waals surface area contributed by atoms with E-state index >= 15 is 0 Å². The lowest BCUT2D eigenvalue weighted by Crippen LogP contribution is -2.48. The molecule has 0 bridgehead atoms. The van der Waals surface area contributed by atoms with E-state index in [2.05, 4.69) is 0 Å². The highest BCUT2D eigenvalue weighted by molar-refractivity contribution is 7.89. The first-order chi connectivity index (χ1) is 6.60. The van der Waals surface area contributed by atoms with E-state index < -0.39 is 10.0 Å². The molecule has 1 saturated carbocycles. The lowest BCUT2D eigenvalue weighted by atomic mass is 9.96. The number of hydrogen-bond acceptors (Lipinski definition) is 3. The molecule has 2 rings (SSSR count). The molecule has 5 heteroatoms. The Morgan fingerprint density at radius 3 is 2.07 bits per heavy atom. The summed E-state index contributed by atoms with van der Waals surface area (Å²) >= 11 is 0. The molecule has 1 aliphatic carbocycles. The highest BCUT2D eigenvalue weighted by Crippen LogP contribution is 2.27. The molecule has 0 aromatic rings. The maximum absolute atomic E-state index is 12.0. The molecular formula is C9H18N2O2S. The van der Waals surface area contributed by atoms with Gasteiger partial charge < -0.3 is 5.73 Å².